The first kappa shape index (κ1) is 14.3. The second-order valence-electron chi connectivity index (χ2n) is 6.11. The highest BCUT2D eigenvalue weighted by atomic mass is 16.1. The van der Waals surface area contributed by atoms with Crippen LogP contribution in [-0.2, 0) is 18.4 Å². The van der Waals surface area contributed by atoms with Crippen LogP contribution in [0.15, 0.2) is 24.3 Å². The molecule has 1 aromatic carbocycles. The molecule has 2 aromatic rings. The number of hydrogen-bond acceptors (Lipinski definition) is 3. The number of nitrogens with zero attached hydrogens (tertiary/aromatic N) is 3. The van der Waals surface area contributed by atoms with Crippen molar-refractivity contribution < 1.29 is 4.79 Å². The molecule has 4 heteroatoms. The largest absolute Gasteiger partial charge is 0.300 e. The molecule has 2 heterocycles. The van der Waals surface area contributed by atoms with Gasteiger partial charge >= 0.3 is 0 Å². The summed E-state index contributed by atoms with van der Waals surface area (Å²) in [6, 6.07) is 8.75. The molecule has 21 heavy (non-hydrogen) atoms. The van der Waals surface area contributed by atoms with Gasteiger partial charge in [-0.05, 0) is 32.4 Å². The Bertz CT molecular complexity index is 647. The Balaban J connectivity index is 1.84. The highest BCUT2D eigenvalue weighted by molar-refractivity contribution is 5.81. The van der Waals surface area contributed by atoms with Gasteiger partial charge in [-0.15, -0.1) is 0 Å². The predicted molar refractivity (Wildman–Crippen MR) is 84.1 cm³/mol. The normalized spacial score (nSPS) is 20.0. The lowest BCUT2D eigenvalue weighted by molar-refractivity contribution is -0.118. The number of fused-ring (bicyclic) bond motifs is 1. The number of carbonyl (C=O) groups is 1. The van der Waals surface area contributed by atoms with Gasteiger partial charge in [0.25, 0.3) is 0 Å². The Kier molecular flexibility index (Phi) is 4.06. The number of carbonyl (C=O) groups excluding carboxylic acids is 1. The molecule has 112 valence electrons. The van der Waals surface area contributed by atoms with Crippen LogP contribution in [0.2, 0.25) is 0 Å². The minimum Gasteiger partial charge on any atom is -0.300 e. The first-order chi connectivity index (χ1) is 10.1. The van der Waals surface area contributed by atoms with Gasteiger partial charge < -0.3 is 0 Å². The van der Waals surface area contributed by atoms with Crippen LogP contribution in [0.4, 0.5) is 0 Å². The lowest BCUT2D eigenvalue weighted by Gasteiger charge is -2.34. The number of ketones is 1. The SMILES string of the molecule is CC(=O)CC1CCCCN1Cc1nn(C)c2ccccc12. The summed E-state index contributed by atoms with van der Waals surface area (Å²) in [7, 11) is 2.00. The van der Waals surface area contributed by atoms with Crippen molar-refractivity contribution in [2.75, 3.05) is 6.54 Å². The van der Waals surface area contributed by atoms with Crippen LogP contribution >= 0.6 is 0 Å². The van der Waals surface area contributed by atoms with Crippen LogP contribution in [0.3, 0.4) is 0 Å². The zero-order valence-corrected chi connectivity index (χ0v) is 12.9. The Labute approximate surface area is 125 Å². The van der Waals surface area contributed by atoms with Crippen molar-refractivity contribution in [3.63, 3.8) is 0 Å². The number of aryl methyl sites for hydroxylation is 1. The topological polar surface area (TPSA) is 38.1 Å². The zero-order valence-electron chi connectivity index (χ0n) is 12.9. The van der Waals surface area contributed by atoms with Gasteiger partial charge in [0.05, 0.1) is 11.2 Å². The summed E-state index contributed by atoms with van der Waals surface area (Å²) in [6.07, 6.45) is 4.26. The van der Waals surface area contributed by atoms with Gasteiger partial charge in [0.2, 0.25) is 0 Å². The van der Waals surface area contributed by atoms with E-state index in [1.807, 2.05) is 17.8 Å². The van der Waals surface area contributed by atoms with Gasteiger partial charge in [-0.2, -0.15) is 5.10 Å². The zero-order chi connectivity index (χ0) is 14.8. The molecule has 1 fully saturated rings. The summed E-state index contributed by atoms with van der Waals surface area (Å²) in [6.45, 7) is 3.62. The Morgan fingerprint density at radius 2 is 2.14 bits per heavy atom. The number of hydrogen-bond donors (Lipinski definition) is 0. The average Bonchev–Trinajstić information content (AvgIpc) is 2.78. The first-order valence-corrected chi connectivity index (χ1v) is 7.79. The third kappa shape index (κ3) is 3.00. The molecular weight excluding hydrogens is 262 g/mol. The summed E-state index contributed by atoms with van der Waals surface area (Å²) < 4.78 is 1.95. The maximum Gasteiger partial charge on any atom is 0.131 e. The van der Waals surface area contributed by atoms with Crippen molar-refractivity contribution in [3.8, 4) is 0 Å². The Morgan fingerprint density at radius 3 is 2.95 bits per heavy atom. The van der Waals surface area contributed by atoms with E-state index in [-0.39, 0.29) is 5.78 Å². The quantitative estimate of drug-likeness (QED) is 0.867. The van der Waals surface area contributed by atoms with E-state index in [4.69, 9.17) is 0 Å². The maximum absolute atomic E-state index is 11.5. The highest BCUT2D eigenvalue weighted by Gasteiger charge is 2.25. The number of Topliss-reactive ketones (excluding diaryl/α,β-unsaturated/α-hetero) is 1. The standard InChI is InChI=1S/C17H23N3O/c1-13(21)11-14-7-5-6-10-20(14)12-16-15-8-3-4-9-17(15)19(2)18-16/h3-4,8-9,14H,5-7,10-12H2,1-2H3. The lowest BCUT2D eigenvalue weighted by atomic mass is 9.97. The molecule has 0 radical (unpaired) electrons. The summed E-state index contributed by atoms with van der Waals surface area (Å²) in [5, 5.41) is 5.92. The van der Waals surface area contributed by atoms with Gasteiger partial charge in [-0.1, -0.05) is 24.6 Å². The van der Waals surface area contributed by atoms with E-state index in [1.54, 1.807) is 6.92 Å². The molecule has 0 N–H and O–H groups in total. The lowest BCUT2D eigenvalue weighted by Crippen LogP contribution is -2.40. The minimum atomic E-state index is 0.290. The van der Waals surface area contributed by atoms with Crippen molar-refractivity contribution in [2.24, 2.45) is 7.05 Å². The molecule has 1 unspecified atom stereocenters. The average molecular weight is 285 g/mol. The minimum absolute atomic E-state index is 0.290. The van der Waals surface area contributed by atoms with Crippen LogP contribution in [-0.4, -0.2) is 33.1 Å². The van der Waals surface area contributed by atoms with Gasteiger partial charge in [0.15, 0.2) is 0 Å². The summed E-state index contributed by atoms with van der Waals surface area (Å²) in [4.78, 5) is 13.9. The molecule has 4 nitrogen and oxygen atoms in total. The number of aromatic nitrogens is 2. The number of para-hydroxylation sites is 1. The third-order valence-electron chi connectivity index (χ3n) is 4.46. The smallest absolute Gasteiger partial charge is 0.131 e. The van der Waals surface area contributed by atoms with Gasteiger partial charge in [0.1, 0.15) is 5.78 Å². The first-order valence-electron chi connectivity index (χ1n) is 7.79. The van der Waals surface area contributed by atoms with E-state index in [0.29, 0.717) is 12.5 Å². The van der Waals surface area contributed by atoms with Crippen LogP contribution in [0, 0.1) is 0 Å². The van der Waals surface area contributed by atoms with Crippen LogP contribution in [0.1, 0.15) is 38.3 Å². The van der Waals surface area contributed by atoms with Crippen molar-refractivity contribution in [1.29, 1.82) is 0 Å². The monoisotopic (exact) mass is 285 g/mol. The van der Waals surface area contributed by atoms with Crippen molar-refractivity contribution in [2.45, 2.75) is 45.2 Å². The molecule has 0 aliphatic carbocycles. The summed E-state index contributed by atoms with van der Waals surface area (Å²) in [5.74, 6) is 0.290. The molecule has 0 saturated carbocycles. The molecule has 1 saturated heterocycles. The summed E-state index contributed by atoms with van der Waals surface area (Å²) in [5.41, 5.74) is 2.30. The van der Waals surface area contributed by atoms with Gasteiger partial charge in [0, 0.05) is 31.4 Å². The molecule has 0 bridgehead atoms. The molecule has 3 rings (SSSR count). The molecule has 1 aromatic heterocycles. The molecule has 1 aliphatic heterocycles. The molecule has 1 atom stereocenters. The Morgan fingerprint density at radius 1 is 1.33 bits per heavy atom. The highest BCUT2D eigenvalue weighted by Crippen LogP contribution is 2.25. The van der Waals surface area contributed by atoms with Crippen LogP contribution in [0.25, 0.3) is 10.9 Å². The molecule has 1 aliphatic rings. The number of benzene rings is 1. The van der Waals surface area contributed by atoms with E-state index in [2.05, 4.69) is 28.2 Å². The van der Waals surface area contributed by atoms with E-state index in [9.17, 15) is 4.79 Å². The van der Waals surface area contributed by atoms with E-state index in [1.165, 1.54) is 23.7 Å². The number of piperidine rings is 1. The van der Waals surface area contributed by atoms with Crippen molar-refractivity contribution >= 4 is 16.7 Å². The van der Waals surface area contributed by atoms with E-state index >= 15 is 0 Å². The van der Waals surface area contributed by atoms with Gasteiger partial charge in [-0.3, -0.25) is 14.4 Å². The number of likely N-dealkylation sites (tertiary alicyclic amines) is 1. The molecule has 0 amide bonds. The summed E-state index contributed by atoms with van der Waals surface area (Å²) >= 11 is 0. The second-order valence-corrected chi connectivity index (χ2v) is 6.11. The van der Waals surface area contributed by atoms with Crippen LogP contribution < -0.4 is 0 Å². The van der Waals surface area contributed by atoms with Crippen molar-refractivity contribution in [3.05, 3.63) is 30.0 Å². The Hall–Kier alpha value is -1.68. The number of rotatable bonds is 4. The van der Waals surface area contributed by atoms with E-state index < -0.39 is 0 Å². The van der Waals surface area contributed by atoms with Crippen LogP contribution in [0.5, 0.6) is 0 Å². The second kappa shape index (κ2) is 5.98. The van der Waals surface area contributed by atoms with Gasteiger partial charge in [-0.25, -0.2) is 0 Å². The van der Waals surface area contributed by atoms with E-state index in [0.717, 1.165) is 25.2 Å². The maximum atomic E-state index is 11.5. The molecular formula is C17H23N3O. The third-order valence-corrected chi connectivity index (χ3v) is 4.46. The predicted octanol–water partition coefficient (Wildman–Crippen LogP) is 2.91. The fourth-order valence-electron chi connectivity index (χ4n) is 3.43. The molecule has 0 spiro atoms. The van der Waals surface area contributed by atoms with Crippen molar-refractivity contribution in [1.82, 2.24) is 14.7 Å². The fourth-order valence-corrected chi connectivity index (χ4v) is 3.43. The fraction of sp³-hybridized carbons (Fsp3) is 0.529.